The molecule has 5 nitrogen and oxygen atoms in total. The van der Waals surface area contributed by atoms with Crippen LogP contribution in [0, 0.1) is 6.92 Å². The summed E-state index contributed by atoms with van der Waals surface area (Å²) in [5.41, 5.74) is 11.1. The summed E-state index contributed by atoms with van der Waals surface area (Å²) in [7, 11) is 1.66. The number of ether oxygens (including phenoxy) is 1. The number of nitrogens with zero attached hydrogens (tertiary/aromatic N) is 1. The molecule has 0 aliphatic rings. The summed E-state index contributed by atoms with van der Waals surface area (Å²) >= 11 is 0. The molecule has 1 heterocycles. The Labute approximate surface area is 163 Å². The minimum atomic E-state index is -0.448. The third-order valence-electron chi connectivity index (χ3n) is 5.20. The maximum Gasteiger partial charge on any atom is 0.249 e. The van der Waals surface area contributed by atoms with Crippen LogP contribution in [0.3, 0.4) is 0 Å². The van der Waals surface area contributed by atoms with Gasteiger partial charge in [0.1, 0.15) is 5.75 Å². The predicted molar refractivity (Wildman–Crippen MR) is 111 cm³/mol. The molecule has 4 aromatic rings. The van der Waals surface area contributed by atoms with E-state index >= 15 is 0 Å². The van der Waals surface area contributed by atoms with Gasteiger partial charge in [-0.1, -0.05) is 30.3 Å². The van der Waals surface area contributed by atoms with Crippen molar-refractivity contribution in [1.82, 2.24) is 4.57 Å². The largest absolute Gasteiger partial charge is 0.496 e. The number of hydrogen-bond acceptors (Lipinski definition) is 3. The normalized spacial score (nSPS) is 11.2. The van der Waals surface area contributed by atoms with E-state index in [4.69, 9.17) is 10.5 Å². The van der Waals surface area contributed by atoms with Gasteiger partial charge in [0, 0.05) is 28.4 Å². The van der Waals surface area contributed by atoms with Crippen LogP contribution >= 0.6 is 0 Å². The molecule has 0 bridgehead atoms. The molecule has 0 radical (unpaired) electrons. The van der Waals surface area contributed by atoms with E-state index in [9.17, 15) is 9.90 Å². The summed E-state index contributed by atoms with van der Waals surface area (Å²) in [5, 5.41) is 11.4. The van der Waals surface area contributed by atoms with E-state index in [1.807, 2.05) is 49.4 Å². The smallest absolute Gasteiger partial charge is 0.249 e. The van der Waals surface area contributed by atoms with Crippen LogP contribution in [0.4, 0.5) is 0 Å². The highest BCUT2D eigenvalue weighted by Gasteiger charge is 2.17. The number of hydrogen-bond donors (Lipinski definition) is 2. The number of carbonyl (C=O) groups excluding carboxylic acids is 1. The lowest BCUT2D eigenvalue weighted by Gasteiger charge is -2.11. The second-order valence-electron chi connectivity index (χ2n) is 6.96. The lowest BCUT2D eigenvalue weighted by atomic mass is 10.0. The van der Waals surface area contributed by atoms with Gasteiger partial charge in [-0.3, -0.25) is 4.79 Å². The number of benzene rings is 3. The first kappa shape index (κ1) is 18.1. The van der Waals surface area contributed by atoms with Crippen LogP contribution in [0.25, 0.3) is 21.8 Å². The Kier molecular flexibility index (Phi) is 4.53. The number of rotatable bonds is 5. The second-order valence-corrected chi connectivity index (χ2v) is 6.96. The third-order valence-corrected chi connectivity index (χ3v) is 5.20. The highest BCUT2D eigenvalue weighted by Crippen LogP contribution is 2.33. The maximum absolute atomic E-state index is 12.0. The van der Waals surface area contributed by atoms with Crippen molar-refractivity contribution in [3.63, 3.8) is 0 Å². The predicted octanol–water partition coefficient (Wildman–Crippen LogP) is 3.75. The van der Waals surface area contributed by atoms with Crippen LogP contribution in [0.5, 0.6) is 5.75 Å². The molecule has 0 aliphatic carbocycles. The number of nitrogens with two attached hydrogens (primary N) is 1. The monoisotopic (exact) mass is 374 g/mol. The molecule has 0 atom stereocenters. The molecule has 1 aromatic heterocycles. The number of methoxy groups -OCH3 is 1. The van der Waals surface area contributed by atoms with Crippen molar-refractivity contribution in [1.29, 1.82) is 0 Å². The van der Waals surface area contributed by atoms with Gasteiger partial charge in [-0.05, 0) is 47.9 Å². The van der Waals surface area contributed by atoms with E-state index < -0.39 is 5.91 Å². The number of aliphatic hydroxyl groups is 1. The van der Waals surface area contributed by atoms with E-state index in [0.717, 1.165) is 44.2 Å². The van der Waals surface area contributed by atoms with Crippen LogP contribution in [0.1, 0.15) is 27.0 Å². The standard InChI is InChI=1S/C23H22N2O3/c1-14-10-15(7-9-21(14)28-2)12-25-19-5-3-4-18(23(24)27)22(19)17-8-6-16(13-26)11-20(17)25/h3-11,26H,12-13H2,1-2H3,(H2,24,27). The van der Waals surface area contributed by atoms with Gasteiger partial charge in [-0.15, -0.1) is 0 Å². The Hall–Kier alpha value is -3.31. The van der Waals surface area contributed by atoms with Crippen molar-refractivity contribution >= 4 is 27.7 Å². The van der Waals surface area contributed by atoms with Crippen LogP contribution in [0.15, 0.2) is 54.6 Å². The van der Waals surface area contributed by atoms with Crippen LogP contribution < -0.4 is 10.5 Å². The molecule has 5 heteroatoms. The number of aromatic nitrogens is 1. The first-order valence-electron chi connectivity index (χ1n) is 9.11. The van der Waals surface area contributed by atoms with Gasteiger partial charge >= 0.3 is 0 Å². The molecule has 3 aromatic carbocycles. The van der Waals surface area contributed by atoms with Gasteiger partial charge in [-0.25, -0.2) is 0 Å². The van der Waals surface area contributed by atoms with Gasteiger partial charge < -0.3 is 20.1 Å². The number of aryl methyl sites for hydroxylation is 1. The zero-order valence-electron chi connectivity index (χ0n) is 15.9. The quantitative estimate of drug-likeness (QED) is 0.558. The van der Waals surface area contributed by atoms with Crippen LogP contribution in [0.2, 0.25) is 0 Å². The number of carbonyl (C=O) groups is 1. The van der Waals surface area contributed by atoms with Crippen molar-refractivity contribution in [2.24, 2.45) is 5.73 Å². The third kappa shape index (κ3) is 2.90. The molecule has 28 heavy (non-hydrogen) atoms. The van der Waals surface area contributed by atoms with Gasteiger partial charge in [0.05, 0.1) is 19.2 Å². The Balaban J connectivity index is 1.98. The minimum Gasteiger partial charge on any atom is -0.496 e. The average Bonchev–Trinajstić information content (AvgIpc) is 3.01. The molecular weight excluding hydrogens is 352 g/mol. The van der Waals surface area contributed by atoms with E-state index in [-0.39, 0.29) is 6.61 Å². The Morgan fingerprint density at radius 2 is 1.86 bits per heavy atom. The van der Waals surface area contributed by atoms with Gasteiger partial charge in [0.2, 0.25) is 5.91 Å². The van der Waals surface area contributed by atoms with E-state index in [1.54, 1.807) is 13.2 Å². The molecule has 1 amide bonds. The fraction of sp³-hybridized carbons (Fsp3) is 0.174. The second kappa shape index (κ2) is 7.02. The highest BCUT2D eigenvalue weighted by molar-refractivity contribution is 6.17. The molecule has 0 spiro atoms. The summed E-state index contributed by atoms with van der Waals surface area (Å²) in [6.07, 6.45) is 0. The molecule has 0 saturated carbocycles. The first-order chi connectivity index (χ1) is 13.5. The van der Waals surface area contributed by atoms with Crippen LogP contribution in [-0.2, 0) is 13.2 Å². The van der Waals surface area contributed by atoms with Gasteiger partial charge in [-0.2, -0.15) is 0 Å². The molecule has 0 fully saturated rings. The molecule has 0 aliphatic heterocycles. The molecule has 4 rings (SSSR count). The lowest BCUT2D eigenvalue weighted by Crippen LogP contribution is -2.11. The molecule has 0 unspecified atom stereocenters. The Morgan fingerprint density at radius 3 is 2.54 bits per heavy atom. The van der Waals surface area contributed by atoms with E-state index in [0.29, 0.717) is 12.1 Å². The van der Waals surface area contributed by atoms with E-state index in [1.165, 1.54) is 0 Å². The topological polar surface area (TPSA) is 77.5 Å². The molecule has 3 N–H and O–H groups in total. The molecule has 142 valence electrons. The minimum absolute atomic E-state index is 0.0399. The number of aliphatic hydroxyl groups excluding tert-OH is 1. The van der Waals surface area contributed by atoms with Crippen molar-refractivity contribution in [3.8, 4) is 5.75 Å². The fourth-order valence-corrected chi connectivity index (χ4v) is 3.89. The zero-order chi connectivity index (χ0) is 19.8. The van der Waals surface area contributed by atoms with Gasteiger partial charge in [0.25, 0.3) is 0 Å². The Bertz CT molecular complexity index is 1210. The number of primary amides is 1. The Morgan fingerprint density at radius 1 is 1.07 bits per heavy atom. The lowest BCUT2D eigenvalue weighted by molar-refractivity contribution is 0.100. The van der Waals surface area contributed by atoms with Gasteiger partial charge in [0.15, 0.2) is 0 Å². The number of amides is 1. The summed E-state index contributed by atoms with van der Waals surface area (Å²) in [6, 6.07) is 17.5. The zero-order valence-corrected chi connectivity index (χ0v) is 15.9. The summed E-state index contributed by atoms with van der Waals surface area (Å²) in [5.74, 6) is 0.403. The maximum atomic E-state index is 12.0. The fourth-order valence-electron chi connectivity index (χ4n) is 3.89. The molecule has 0 saturated heterocycles. The highest BCUT2D eigenvalue weighted by atomic mass is 16.5. The van der Waals surface area contributed by atoms with Crippen molar-refractivity contribution in [2.75, 3.05) is 7.11 Å². The van der Waals surface area contributed by atoms with Crippen molar-refractivity contribution in [3.05, 3.63) is 76.9 Å². The van der Waals surface area contributed by atoms with E-state index in [2.05, 4.69) is 10.6 Å². The first-order valence-corrected chi connectivity index (χ1v) is 9.11. The van der Waals surface area contributed by atoms with Crippen molar-refractivity contribution in [2.45, 2.75) is 20.1 Å². The summed E-state index contributed by atoms with van der Waals surface area (Å²) in [4.78, 5) is 12.0. The molecular formula is C23H22N2O3. The average molecular weight is 374 g/mol. The number of fused-ring (bicyclic) bond motifs is 3. The summed E-state index contributed by atoms with van der Waals surface area (Å²) < 4.78 is 7.53. The van der Waals surface area contributed by atoms with Crippen LogP contribution in [-0.4, -0.2) is 22.7 Å². The van der Waals surface area contributed by atoms with Crippen molar-refractivity contribution < 1.29 is 14.6 Å². The SMILES string of the molecule is COc1ccc(Cn2c3cc(CO)ccc3c3c(C(N)=O)cccc32)cc1C. The summed E-state index contributed by atoms with van der Waals surface area (Å²) in [6.45, 7) is 2.60.